The van der Waals surface area contributed by atoms with Crippen molar-refractivity contribution in [2.75, 3.05) is 11.4 Å². The van der Waals surface area contributed by atoms with Crippen LogP contribution in [0.5, 0.6) is 0 Å². The van der Waals surface area contributed by atoms with Crippen molar-refractivity contribution in [1.82, 2.24) is 9.97 Å². The predicted octanol–water partition coefficient (Wildman–Crippen LogP) is 2.42. The molecular weight excluding hydrogens is 262 g/mol. The van der Waals surface area contributed by atoms with Gasteiger partial charge >= 0.3 is 0 Å². The molecule has 5 nitrogen and oxygen atoms in total. The second-order valence-electron chi connectivity index (χ2n) is 4.93. The molecule has 2 aromatic heterocycles. The van der Waals surface area contributed by atoms with E-state index in [-0.39, 0.29) is 6.04 Å². The second-order valence-corrected chi connectivity index (χ2v) is 4.93. The van der Waals surface area contributed by atoms with Crippen molar-refractivity contribution in [2.24, 2.45) is 5.73 Å². The molecule has 21 heavy (non-hydrogen) atoms. The molecule has 0 bridgehead atoms. The Morgan fingerprint density at radius 3 is 2.90 bits per heavy atom. The van der Waals surface area contributed by atoms with Gasteiger partial charge < -0.3 is 10.6 Å². The molecule has 2 rings (SSSR count). The third kappa shape index (κ3) is 4.26. The van der Waals surface area contributed by atoms with E-state index >= 15 is 0 Å². The van der Waals surface area contributed by atoms with E-state index in [0.717, 1.165) is 16.9 Å². The van der Waals surface area contributed by atoms with Crippen molar-refractivity contribution < 1.29 is 0 Å². The molecule has 0 radical (unpaired) electrons. The fraction of sp³-hybridized carbons (Fsp3) is 0.312. The van der Waals surface area contributed by atoms with Gasteiger partial charge in [0.05, 0.1) is 12.5 Å². The Morgan fingerprint density at radius 2 is 2.24 bits per heavy atom. The Labute approximate surface area is 125 Å². The maximum atomic E-state index is 8.84. The highest BCUT2D eigenvalue weighted by molar-refractivity contribution is 5.42. The smallest absolute Gasteiger partial charge is 0.129 e. The second kappa shape index (κ2) is 7.36. The number of aromatic nitrogens is 2. The highest BCUT2D eigenvalue weighted by atomic mass is 15.2. The predicted molar refractivity (Wildman–Crippen MR) is 82.4 cm³/mol. The van der Waals surface area contributed by atoms with E-state index in [2.05, 4.69) is 20.9 Å². The zero-order chi connectivity index (χ0) is 15.1. The summed E-state index contributed by atoms with van der Waals surface area (Å²) in [7, 11) is 0. The van der Waals surface area contributed by atoms with Gasteiger partial charge in [0, 0.05) is 37.7 Å². The van der Waals surface area contributed by atoms with Gasteiger partial charge in [-0.25, -0.2) is 4.98 Å². The van der Waals surface area contributed by atoms with Crippen LogP contribution in [0.2, 0.25) is 0 Å². The summed E-state index contributed by atoms with van der Waals surface area (Å²) in [6.07, 6.45) is 5.79. The lowest BCUT2D eigenvalue weighted by atomic mass is 10.1. The largest absolute Gasteiger partial charge is 0.351 e. The topological polar surface area (TPSA) is 78.8 Å². The Hall–Kier alpha value is -2.45. The van der Waals surface area contributed by atoms with E-state index in [0.29, 0.717) is 19.5 Å². The van der Waals surface area contributed by atoms with Crippen LogP contribution in [-0.2, 0) is 6.54 Å². The molecule has 0 spiro atoms. The number of anilines is 1. The van der Waals surface area contributed by atoms with Gasteiger partial charge in [-0.15, -0.1) is 0 Å². The lowest BCUT2D eigenvalue weighted by Gasteiger charge is -2.23. The van der Waals surface area contributed by atoms with E-state index in [1.807, 2.05) is 37.4 Å². The van der Waals surface area contributed by atoms with Crippen LogP contribution in [0.3, 0.4) is 0 Å². The maximum absolute atomic E-state index is 8.84. The molecular formula is C16H19N5. The molecule has 1 atom stereocenters. The molecule has 2 aromatic rings. The number of rotatable bonds is 6. The molecule has 5 heteroatoms. The average molecular weight is 281 g/mol. The highest BCUT2D eigenvalue weighted by Crippen LogP contribution is 2.19. The van der Waals surface area contributed by atoms with Crippen LogP contribution in [0.25, 0.3) is 0 Å². The molecule has 0 aromatic carbocycles. The van der Waals surface area contributed by atoms with Crippen molar-refractivity contribution in [1.29, 1.82) is 5.26 Å². The maximum Gasteiger partial charge on any atom is 0.129 e. The Balaban J connectivity index is 2.23. The first-order valence-corrected chi connectivity index (χ1v) is 6.93. The van der Waals surface area contributed by atoms with Gasteiger partial charge in [-0.1, -0.05) is 6.07 Å². The summed E-state index contributed by atoms with van der Waals surface area (Å²) in [4.78, 5) is 10.6. The molecule has 0 saturated carbocycles. The minimum Gasteiger partial charge on any atom is -0.351 e. The van der Waals surface area contributed by atoms with Crippen LogP contribution in [-0.4, -0.2) is 16.5 Å². The van der Waals surface area contributed by atoms with Crippen LogP contribution in [0, 0.1) is 11.3 Å². The Kier molecular flexibility index (Phi) is 5.24. The third-order valence-electron chi connectivity index (χ3n) is 3.21. The van der Waals surface area contributed by atoms with Gasteiger partial charge in [0.2, 0.25) is 0 Å². The standard InChI is InChI=1S/C16H19N5/c1-13(18)15-5-8-20-16(10-15)21(9-3-6-17)12-14-4-2-7-19-11-14/h2,4-5,7-8,10-11,13H,3,9,12,18H2,1H3/t13-/m0/s1. The molecule has 0 aliphatic carbocycles. The fourth-order valence-corrected chi connectivity index (χ4v) is 2.06. The molecule has 2 heterocycles. The number of hydrogen-bond acceptors (Lipinski definition) is 5. The summed E-state index contributed by atoms with van der Waals surface area (Å²) in [5.74, 6) is 0.837. The van der Waals surface area contributed by atoms with Crippen molar-refractivity contribution in [3.8, 4) is 6.07 Å². The van der Waals surface area contributed by atoms with E-state index in [1.54, 1.807) is 12.4 Å². The first-order chi connectivity index (χ1) is 10.2. The number of nitrogens with zero attached hydrogens (tertiary/aromatic N) is 4. The quantitative estimate of drug-likeness (QED) is 0.879. The van der Waals surface area contributed by atoms with Gasteiger partial charge in [-0.05, 0) is 36.2 Å². The fourth-order valence-electron chi connectivity index (χ4n) is 2.06. The normalized spacial score (nSPS) is 11.7. The number of nitriles is 1. The lowest BCUT2D eigenvalue weighted by molar-refractivity contribution is 0.769. The minimum absolute atomic E-state index is 0.0389. The lowest BCUT2D eigenvalue weighted by Crippen LogP contribution is -2.25. The summed E-state index contributed by atoms with van der Waals surface area (Å²) in [5.41, 5.74) is 8.05. The zero-order valence-electron chi connectivity index (χ0n) is 12.1. The van der Waals surface area contributed by atoms with E-state index < -0.39 is 0 Å². The van der Waals surface area contributed by atoms with E-state index in [9.17, 15) is 0 Å². The van der Waals surface area contributed by atoms with Gasteiger partial charge in [0.1, 0.15) is 5.82 Å². The van der Waals surface area contributed by atoms with Gasteiger partial charge in [-0.3, -0.25) is 4.98 Å². The summed E-state index contributed by atoms with van der Waals surface area (Å²) in [6, 6.07) is 9.97. The molecule has 0 saturated heterocycles. The number of pyridine rings is 2. The Bertz CT molecular complexity index is 604. The number of nitrogens with two attached hydrogens (primary N) is 1. The Morgan fingerprint density at radius 1 is 1.38 bits per heavy atom. The summed E-state index contributed by atoms with van der Waals surface area (Å²) < 4.78 is 0. The molecule has 0 aliphatic heterocycles. The molecule has 0 aliphatic rings. The molecule has 108 valence electrons. The average Bonchev–Trinajstić information content (AvgIpc) is 2.52. The highest BCUT2D eigenvalue weighted by Gasteiger charge is 2.10. The van der Waals surface area contributed by atoms with Gasteiger partial charge in [-0.2, -0.15) is 5.26 Å². The third-order valence-corrected chi connectivity index (χ3v) is 3.21. The van der Waals surface area contributed by atoms with Crippen molar-refractivity contribution in [3.63, 3.8) is 0 Å². The van der Waals surface area contributed by atoms with Crippen LogP contribution in [0.15, 0.2) is 42.9 Å². The molecule has 0 fully saturated rings. The van der Waals surface area contributed by atoms with Crippen LogP contribution in [0.1, 0.15) is 30.5 Å². The monoisotopic (exact) mass is 281 g/mol. The van der Waals surface area contributed by atoms with Crippen molar-refractivity contribution >= 4 is 5.82 Å². The van der Waals surface area contributed by atoms with Gasteiger partial charge in [0.25, 0.3) is 0 Å². The SMILES string of the molecule is C[C@H](N)c1ccnc(N(CCC#N)Cc2cccnc2)c1. The summed E-state index contributed by atoms with van der Waals surface area (Å²) in [6.45, 7) is 3.24. The number of hydrogen-bond donors (Lipinski definition) is 1. The molecule has 0 amide bonds. The first-order valence-electron chi connectivity index (χ1n) is 6.93. The molecule has 0 unspecified atom stereocenters. The van der Waals surface area contributed by atoms with Crippen LogP contribution < -0.4 is 10.6 Å². The summed E-state index contributed by atoms with van der Waals surface area (Å²) >= 11 is 0. The van der Waals surface area contributed by atoms with Gasteiger partial charge in [0.15, 0.2) is 0 Å². The van der Waals surface area contributed by atoms with E-state index in [4.69, 9.17) is 11.0 Å². The van der Waals surface area contributed by atoms with E-state index in [1.165, 1.54) is 0 Å². The van der Waals surface area contributed by atoms with Crippen molar-refractivity contribution in [3.05, 3.63) is 54.0 Å². The summed E-state index contributed by atoms with van der Waals surface area (Å²) in [5, 5.41) is 8.84. The first kappa shape index (κ1) is 14.9. The zero-order valence-corrected chi connectivity index (χ0v) is 12.1. The van der Waals surface area contributed by atoms with Crippen LogP contribution in [0.4, 0.5) is 5.82 Å². The van der Waals surface area contributed by atoms with Crippen molar-refractivity contribution in [2.45, 2.75) is 25.9 Å². The minimum atomic E-state index is -0.0389. The molecule has 2 N–H and O–H groups in total. The van der Waals surface area contributed by atoms with Crippen LogP contribution >= 0.6 is 0 Å².